The molecule has 27 heavy (non-hydrogen) atoms. The summed E-state index contributed by atoms with van der Waals surface area (Å²) < 4.78 is 15.7. The minimum atomic E-state index is -0.692. The quantitative estimate of drug-likeness (QED) is 0.602. The zero-order valence-electron chi connectivity index (χ0n) is 14.7. The molecule has 0 unspecified atom stereocenters. The van der Waals surface area contributed by atoms with Crippen molar-refractivity contribution in [1.29, 1.82) is 0 Å². The van der Waals surface area contributed by atoms with Gasteiger partial charge in [0.1, 0.15) is 0 Å². The Morgan fingerprint density at radius 2 is 2.00 bits per heavy atom. The summed E-state index contributed by atoms with van der Waals surface area (Å²) in [5, 5.41) is 0.258. The number of nitrogens with zero attached hydrogens (tertiary/aromatic N) is 1. The second-order valence-electron chi connectivity index (χ2n) is 5.87. The van der Waals surface area contributed by atoms with Gasteiger partial charge in [0.2, 0.25) is 6.79 Å². The molecule has 1 aliphatic heterocycles. The number of nitrogens with two attached hydrogens (primary N) is 1. The van der Waals surface area contributed by atoms with Crippen molar-refractivity contribution >= 4 is 29.2 Å². The minimum absolute atomic E-state index is 0.129. The Kier molecular flexibility index (Phi) is 5.71. The van der Waals surface area contributed by atoms with Crippen LogP contribution in [0.5, 0.6) is 11.5 Å². The van der Waals surface area contributed by atoms with Crippen LogP contribution in [0.3, 0.4) is 0 Å². The lowest BCUT2D eigenvalue weighted by molar-refractivity contribution is -0.134. The molecule has 2 aromatic carbocycles. The molecule has 2 aromatic rings. The number of likely N-dealkylation sites (N-methyl/N-ethyl adjacent to an activating group) is 1. The van der Waals surface area contributed by atoms with E-state index in [4.69, 9.17) is 31.5 Å². The number of para-hydroxylation sites is 1. The maximum atomic E-state index is 12.4. The van der Waals surface area contributed by atoms with Gasteiger partial charge in [-0.05, 0) is 36.8 Å². The molecule has 2 N–H and O–H groups in total. The Labute approximate surface area is 161 Å². The van der Waals surface area contributed by atoms with Crippen LogP contribution in [-0.2, 0) is 16.1 Å². The lowest BCUT2D eigenvalue weighted by atomic mass is 10.2. The number of hydrogen-bond acceptors (Lipinski definition) is 6. The highest BCUT2D eigenvalue weighted by Crippen LogP contribution is 2.32. The summed E-state index contributed by atoms with van der Waals surface area (Å²) in [5.41, 5.74) is 6.92. The zero-order chi connectivity index (χ0) is 19.4. The Morgan fingerprint density at radius 3 is 2.78 bits per heavy atom. The van der Waals surface area contributed by atoms with Crippen LogP contribution in [0, 0.1) is 0 Å². The summed E-state index contributed by atoms with van der Waals surface area (Å²) in [4.78, 5) is 26.2. The van der Waals surface area contributed by atoms with Crippen molar-refractivity contribution in [3.63, 3.8) is 0 Å². The fraction of sp³-hybridized carbons (Fsp3) is 0.263. The van der Waals surface area contributed by atoms with E-state index in [9.17, 15) is 9.59 Å². The lowest BCUT2D eigenvalue weighted by Crippen LogP contribution is -2.34. The summed E-state index contributed by atoms with van der Waals surface area (Å²) in [7, 11) is 0. The molecule has 3 rings (SSSR count). The Bertz CT molecular complexity index is 871. The highest BCUT2D eigenvalue weighted by atomic mass is 35.5. The van der Waals surface area contributed by atoms with Crippen molar-refractivity contribution in [3.8, 4) is 11.5 Å². The average Bonchev–Trinajstić information content (AvgIpc) is 3.13. The summed E-state index contributed by atoms with van der Waals surface area (Å²) in [5.74, 6) is 0.326. The number of anilines is 1. The summed E-state index contributed by atoms with van der Waals surface area (Å²) in [6.07, 6.45) is 0. The molecule has 0 aromatic heterocycles. The van der Waals surface area contributed by atoms with Gasteiger partial charge in [0.15, 0.2) is 18.1 Å². The second kappa shape index (κ2) is 8.18. The molecule has 0 aliphatic carbocycles. The molecule has 1 aliphatic rings. The molecule has 8 heteroatoms. The lowest BCUT2D eigenvalue weighted by Gasteiger charge is -2.21. The monoisotopic (exact) mass is 390 g/mol. The number of hydrogen-bond donors (Lipinski definition) is 1. The molecule has 0 atom stereocenters. The van der Waals surface area contributed by atoms with Crippen LogP contribution >= 0.6 is 11.6 Å². The Balaban J connectivity index is 1.60. The van der Waals surface area contributed by atoms with Crippen molar-refractivity contribution in [3.05, 3.63) is 52.5 Å². The summed E-state index contributed by atoms with van der Waals surface area (Å²) in [6, 6.07) is 10.2. The fourth-order valence-corrected chi connectivity index (χ4v) is 2.82. The predicted octanol–water partition coefficient (Wildman–Crippen LogP) is 2.86. The number of carbonyl (C=O) groups excluding carboxylic acids is 2. The van der Waals surface area contributed by atoms with Crippen LogP contribution in [0.2, 0.25) is 5.02 Å². The Hall–Kier alpha value is -2.93. The van der Waals surface area contributed by atoms with E-state index < -0.39 is 5.97 Å². The van der Waals surface area contributed by atoms with Gasteiger partial charge in [-0.15, -0.1) is 0 Å². The first-order valence-electron chi connectivity index (χ1n) is 8.37. The fourth-order valence-electron chi connectivity index (χ4n) is 2.65. The van der Waals surface area contributed by atoms with E-state index in [2.05, 4.69) is 0 Å². The van der Waals surface area contributed by atoms with E-state index in [0.717, 1.165) is 5.56 Å². The molecule has 1 heterocycles. The van der Waals surface area contributed by atoms with Gasteiger partial charge in [-0.25, -0.2) is 4.79 Å². The zero-order valence-corrected chi connectivity index (χ0v) is 15.5. The van der Waals surface area contributed by atoms with E-state index in [0.29, 0.717) is 24.6 Å². The van der Waals surface area contributed by atoms with Gasteiger partial charge in [0.05, 0.1) is 16.3 Å². The normalized spacial score (nSPS) is 11.9. The number of esters is 1. The topological polar surface area (TPSA) is 91.1 Å². The van der Waals surface area contributed by atoms with Gasteiger partial charge < -0.3 is 24.8 Å². The number of benzene rings is 2. The maximum absolute atomic E-state index is 12.4. The van der Waals surface area contributed by atoms with Crippen molar-refractivity contribution in [2.45, 2.75) is 13.5 Å². The van der Waals surface area contributed by atoms with E-state index >= 15 is 0 Å². The van der Waals surface area contributed by atoms with Crippen LogP contribution < -0.4 is 15.2 Å². The molecule has 0 fully saturated rings. The predicted molar refractivity (Wildman–Crippen MR) is 99.8 cm³/mol. The van der Waals surface area contributed by atoms with E-state index in [1.165, 1.54) is 6.07 Å². The molecule has 0 saturated heterocycles. The van der Waals surface area contributed by atoms with Crippen molar-refractivity contribution < 1.29 is 23.8 Å². The third kappa shape index (κ3) is 4.25. The number of amides is 1. The van der Waals surface area contributed by atoms with E-state index in [1.807, 2.05) is 19.1 Å². The van der Waals surface area contributed by atoms with Gasteiger partial charge in [0, 0.05) is 13.1 Å². The first kappa shape index (κ1) is 18.8. The van der Waals surface area contributed by atoms with E-state index in [1.54, 1.807) is 23.1 Å². The van der Waals surface area contributed by atoms with Crippen molar-refractivity contribution in [2.75, 3.05) is 25.7 Å². The third-order valence-corrected chi connectivity index (χ3v) is 4.47. The molecular formula is C19H19ClN2O5. The van der Waals surface area contributed by atoms with Gasteiger partial charge in [-0.2, -0.15) is 0 Å². The summed E-state index contributed by atoms with van der Waals surface area (Å²) >= 11 is 5.90. The maximum Gasteiger partial charge on any atom is 0.340 e. The first-order chi connectivity index (χ1) is 13.0. The van der Waals surface area contributed by atoms with Crippen LogP contribution in [-0.4, -0.2) is 36.7 Å². The number of fused-ring (bicyclic) bond motifs is 1. The Morgan fingerprint density at radius 1 is 1.22 bits per heavy atom. The van der Waals surface area contributed by atoms with E-state index in [-0.39, 0.29) is 35.6 Å². The second-order valence-corrected chi connectivity index (χ2v) is 6.28. The molecule has 142 valence electrons. The molecule has 0 saturated carbocycles. The number of rotatable bonds is 6. The van der Waals surface area contributed by atoms with Gasteiger partial charge in [0.25, 0.3) is 5.91 Å². The molecule has 0 radical (unpaired) electrons. The highest BCUT2D eigenvalue weighted by Gasteiger charge is 2.19. The van der Waals surface area contributed by atoms with Crippen LogP contribution in [0.4, 0.5) is 5.69 Å². The van der Waals surface area contributed by atoms with Gasteiger partial charge in [-0.1, -0.05) is 23.7 Å². The van der Waals surface area contributed by atoms with Gasteiger partial charge >= 0.3 is 5.97 Å². The summed E-state index contributed by atoms with van der Waals surface area (Å²) in [6.45, 7) is 2.48. The van der Waals surface area contributed by atoms with Gasteiger partial charge in [-0.3, -0.25) is 4.79 Å². The van der Waals surface area contributed by atoms with Crippen LogP contribution in [0.15, 0.2) is 36.4 Å². The number of ether oxygens (including phenoxy) is 3. The standard InChI is InChI=1S/C19H19ClN2O5/c1-2-22(9-12-6-7-15-16(8-12)27-11-26-15)17(23)10-25-19(24)13-4-3-5-14(20)18(13)21/h3-8H,2,9-11,21H2,1H3. The molecular weight excluding hydrogens is 372 g/mol. The minimum Gasteiger partial charge on any atom is -0.454 e. The highest BCUT2D eigenvalue weighted by molar-refractivity contribution is 6.33. The molecule has 0 spiro atoms. The first-order valence-corrected chi connectivity index (χ1v) is 8.74. The molecule has 7 nitrogen and oxygen atoms in total. The largest absolute Gasteiger partial charge is 0.454 e. The smallest absolute Gasteiger partial charge is 0.340 e. The molecule has 1 amide bonds. The number of nitrogen functional groups attached to an aromatic ring is 1. The van der Waals surface area contributed by atoms with Crippen molar-refractivity contribution in [2.24, 2.45) is 0 Å². The number of halogens is 1. The van der Waals surface area contributed by atoms with Crippen LogP contribution in [0.25, 0.3) is 0 Å². The average molecular weight is 391 g/mol. The third-order valence-electron chi connectivity index (χ3n) is 4.14. The molecule has 0 bridgehead atoms. The SMILES string of the molecule is CCN(Cc1ccc2c(c1)OCO2)C(=O)COC(=O)c1cccc(Cl)c1N. The van der Waals surface area contributed by atoms with Crippen molar-refractivity contribution in [1.82, 2.24) is 4.90 Å². The van der Waals surface area contributed by atoms with Crippen LogP contribution in [0.1, 0.15) is 22.8 Å². The number of carbonyl (C=O) groups is 2.